The van der Waals surface area contributed by atoms with E-state index in [1.807, 2.05) is 37.6 Å². The Morgan fingerprint density at radius 3 is 2.82 bits per heavy atom. The molecule has 0 amide bonds. The molecule has 0 radical (unpaired) electrons. The standard InChI is InChI=1S/C12H15N3OS/c1-3-13-11-5-4-10(6-14-11)7-15-9(2)8-17-12(15)16/h4-6,8H,3,7H2,1-2H3,(H,13,14). The van der Waals surface area contributed by atoms with E-state index in [-0.39, 0.29) is 4.87 Å². The Labute approximate surface area is 104 Å². The van der Waals surface area contributed by atoms with Crippen LogP contribution in [0, 0.1) is 6.92 Å². The maximum absolute atomic E-state index is 11.6. The third-order valence-corrected chi connectivity index (χ3v) is 3.38. The monoisotopic (exact) mass is 249 g/mol. The van der Waals surface area contributed by atoms with Crippen molar-refractivity contribution in [2.24, 2.45) is 0 Å². The van der Waals surface area contributed by atoms with E-state index in [4.69, 9.17) is 0 Å². The maximum Gasteiger partial charge on any atom is 0.307 e. The number of rotatable bonds is 4. The SMILES string of the molecule is CCNc1ccc(Cn2c(C)csc2=O)cn1. The molecule has 0 aliphatic rings. The highest BCUT2D eigenvalue weighted by molar-refractivity contribution is 7.07. The van der Waals surface area contributed by atoms with Crippen LogP contribution in [-0.4, -0.2) is 16.1 Å². The molecule has 0 bridgehead atoms. The number of aryl methyl sites for hydroxylation is 1. The molecule has 0 saturated heterocycles. The van der Waals surface area contributed by atoms with Crippen LogP contribution in [0.15, 0.2) is 28.5 Å². The van der Waals surface area contributed by atoms with Gasteiger partial charge in [0.05, 0.1) is 6.54 Å². The van der Waals surface area contributed by atoms with Crippen LogP contribution < -0.4 is 10.2 Å². The first-order valence-corrected chi connectivity index (χ1v) is 6.42. The van der Waals surface area contributed by atoms with E-state index in [1.54, 1.807) is 4.57 Å². The highest BCUT2D eigenvalue weighted by atomic mass is 32.1. The Kier molecular flexibility index (Phi) is 3.58. The van der Waals surface area contributed by atoms with Gasteiger partial charge in [0.15, 0.2) is 0 Å². The van der Waals surface area contributed by atoms with Gasteiger partial charge in [-0.3, -0.25) is 9.36 Å². The molecule has 0 saturated carbocycles. The van der Waals surface area contributed by atoms with Gasteiger partial charge in [-0.1, -0.05) is 17.4 Å². The van der Waals surface area contributed by atoms with Crippen molar-refractivity contribution >= 4 is 17.2 Å². The van der Waals surface area contributed by atoms with Crippen molar-refractivity contribution in [3.8, 4) is 0 Å². The summed E-state index contributed by atoms with van der Waals surface area (Å²) >= 11 is 1.24. The molecule has 4 nitrogen and oxygen atoms in total. The summed E-state index contributed by atoms with van der Waals surface area (Å²) in [5.74, 6) is 0.866. The van der Waals surface area contributed by atoms with E-state index in [9.17, 15) is 4.79 Å². The van der Waals surface area contributed by atoms with Crippen LogP contribution in [0.2, 0.25) is 0 Å². The maximum atomic E-state index is 11.6. The fourth-order valence-electron chi connectivity index (χ4n) is 1.58. The van der Waals surface area contributed by atoms with Crippen molar-refractivity contribution in [2.75, 3.05) is 11.9 Å². The Morgan fingerprint density at radius 1 is 1.47 bits per heavy atom. The molecule has 0 spiro atoms. The van der Waals surface area contributed by atoms with Crippen LogP contribution in [0.1, 0.15) is 18.2 Å². The number of aromatic nitrogens is 2. The van der Waals surface area contributed by atoms with Crippen LogP contribution in [0.25, 0.3) is 0 Å². The van der Waals surface area contributed by atoms with Gasteiger partial charge in [0.25, 0.3) is 0 Å². The smallest absolute Gasteiger partial charge is 0.307 e. The number of hydrogen-bond acceptors (Lipinski definition) is 4. The third kappa shape index (κ3) is 2.74. The van der Waals surface area contributed by atoms with Crippen LogP contribution in [-0.2, 0) is 6.54 Å². The molecule has 0 atom stereocenters. The van der Waals surface area contributed by atoms with Crippen LogP contribution in [0.4, 0.5) is 5.82 Å². The van der Waals surface area contributed by atoms with Gasteiger partial charge in [-0.25, -0.2) is 4.98 Å². The lowest BCUT2D eigenvalue weighted by Crippen LogP contribution is -2.15. The van der Waals surface area contributed by atoms with Crippen LogP contribution in [0.3, 0.4) is 0 Å². The fraction of sp³-hybridized carbons (Fsp3) is 0.333. The lowest BCUT2D eigenvalue weighted by molar-refractivity contribution is 0.752. The Hall–Kier alpha value is -1.62. The quantitative estimate of drug-likeness (QED) is 0.902. The molecule has 0 aliphatic heterocycles. The Balaban J connectivity index is 2.17. The van der Waals surface area contributed by atoms with Gasteiger partial charge in [0.2, 0.25) is 0 Å². The van der Waals surface area contributed by atoms with Crippen molar-refractivity contribution in [1.29, 1.82) is 0 Å². The zero-order valence-electron chi connectivity index (χ0n) is 9.93. The zero-order chi connectivity index (χ0) is 12.3. The normalized spacial score (nSPS) is 10.5. The Bertz CT molecular complexity index is 542. The first-order valence-electron chi connectivity index (χ1n) is 5.54. The second-order valence-corrected chi connectivity index (χ2v) is 4.63. The van der Waals surface area contributed by atoms with Gasteiger partial charge >= 0.3 is 4.87 Å². The van der Waals surface area contributed by atoms with Gasteiger partial charge in [0, 0.05) is 23.8 Å². The van der Waals surface area contributed by atoms with E-state index < -0.39 is 0 Å². The van der Waals surface area contributed by atoms with Crippen molar-refractivity contribution in [1.82, 2.24) is 9.55 Å². The number of nitrogens with one attached hydrogen (secondary N) is 1. The minimum atomic E-state index is 0.0817. The second-order valence-electron chi connectivity index (χ2n) is 3.81. The predicted octanol–water partition coefficient (Wildman–Crippen LogP) is 2.09. The lowest BCUT2D eigenvalue weighted by Gasteiger charge is -2.06. The minimum Gasteiger partial charge on any atom is -0.370 e. The van der Waals surface area contributed by atoms with Gasteiger partial charge in [-0.2, -0.15) is 0 Å². The van der Waals surface area contributed by atoms with Crippen LogP contribution >= 0.6 is 11.3 Å². The molecule has 2 heterocycles. The molecule has 5 heteroatoms. The molecule has 2 aromatic rings. The summed E-state index contributed by atoms with van der Waals surface area (Å²) in [5.41, 5.74) is 2.03. The molecule has 0 fully saturated rings. The summed E-state index contributed by atoms with van der Waals surface area (Å²) in [7, 11) is 0. The average molecular weight is 249 g/mol. The summed E-state index contributed by atoms with van der Waals surface area (Å²) in [5, 5.41) is 5.02. The van der Waals surface area contributed by atoms with E-state index in [0.29, 0.717) is 6.54 Å². The average Bonchev–Trinajstić information content (AvgIpc) is 2.64. The number of anilines is 1. The van der Waals surface area contributed by atoms with Gasteiger partial charge in [0.1, 0.15) is 5.82 Å². The van der Waals surface area contributed by atoms with Crippen molar-refractivity contribution < 1.29 is 0 Å². The highest BCUT2D eigenvalue weighted by Crippen LogP contribution is 2.08. The number of thiazole rings is 1. The molecule has 0 unspecified atom stereocenters. The highest BCUT2D eigenvalue weighted by Gasteiger charge is 2.03. The zero-order valence-corrected chi connectivity index (χ0v) is 10.8. The molecule has 90 valence electrons. The van der Waals surface area contributed by atoms with E-state index in [0.717, 1.165) is 23.6 Å². The molecule has 17 heavy (non-hydrogen) atoms. The summed E-state index contributed by atoms with van der Waals surface area (Å²) in [6.45, 7) is 5.42. The van der Waals surface area contributed by atoms with Crippen molar-refractivity contribution in [2.45, 2.75) is 20.4 Å². The first-order chi connectivity index (χ1) is 8.20. The summed E-state index contributed by atoms with van der Waals surface area (Å²) in [4.78, 5) is 15.9. The third-order valence-electron chi connectivity index (χ3n) is 2.50. The molecule has 0 aromatic carbocycles. The van der Waals surface area contributed by atoms with Gasteiger partial charge in [-0.05, 0) is 25.5 Å². The summed E-state index contributed by atoms with van der Waals surface area (Å²) < 4.78 is 1.76. The predicted molar refractivity (Wildman–Crippen MR) is 70.8 cm³/mol. The Morgan fingerprint density at radius 2 is 2.29 bits per heavy atom. The van der Waals surface area contributed by atoms with E-state index in [1.165, 1.54) is 11.3 Å². The molecule has 2 rings (SSSR count). The summed E-state index contributed by atoms with van der Waals surface area (Å²) in [6.07, 6.45) is 1.81. The number of nitrogens with zero attached hydrogens (tertiary/aromatic N) is 2. The number of pyridine rings is 1. The van der Waals surface area contributed by atoms with Crippen LogP contribution in [0.5, 0.6) is 0 Å². The molecule has 2 aromatic heterocycles. The lowest BCUT2D eigenvalue weighted by atomic mass is 10.2. The molecule has 0 aliphatic carbocycles. The minimum absolute atomic E-state index is 0.0817. The fourth-order valence-corrected chi connectivity index (χ4v) is 2.32. The van der Waals surface area contributed by atoms with Crippen molar-refractivity contribution in [3.63, 3.8) is 0 Å². The molecular weight excluding hydrogens is 234 g/mol. The first kappa shape index (κ1) is 11.9. The van der Waals surface area contributed by atoms with Crippen molar-refractivity contribution in [3.05, 3.63) is 44.6 Å². The summed E-state index contributed by atoms with van der Waals surface area (Å²) in [6, 6.07) is 3.93. The van der Waals surface area contributed by atoms with E-state index in [2.05, 4.69) is 10.3 Å². The molecular formula is C12H15N3OS. The van der Waals surface area contributed by atoms with Gasteiger partial charge in [-0.15, -0.1) is 0 Å². The largest absolute Gasteiger partial charge is 0.370 e. The van der Waals surface area contributed by atoms with Gasteiger partial charge < -0.3 is 5.32 Å². The number of hydrogen-bond donors (Lipinski definition) is 1. The second kappa shape index (κ2) is 5.14. The van der Waals surface area contributed by atoms with E-state index >= 15 is 0 Å². The topological polar surface area (TPSA) is 46.9 Å². The molecule has 1 N–H and O–H groups in total.